The molecule has 1 saturated heterocycles. The molecular weight excluding hydrogens is 539 g/mol. The molecule has 2 atom stereocenters. The minimum Gasteiger partial charge on any atom is -0.389 e. The molecule has 2 heterocycles. The first kappa shape index (κ1) is 28.7. The number of carbonyl (C=O) groups excluding carboxylic acids is 2. The average Bonchev–Trinajstić information content (AvgIpc) is 3.51. The number of likely N-dealkylation sites (tertiary alicyclic amines) is 1. The minimum atomic E-state index is -3.82. The second-order valence-corrected chi connectivity index (χ2v) is 12.4. The van der Waals surface area contributed by atoms with Crippen molar-refractivity contribution in [1.82, 2.24) is 9.62 Å². The SMILES string of the molecule is O=C(NS(=O)(=O)Cc1ccccc1)c1ccc(CCCN2C(=O)CC[C@@H]2C=C[C@@H](O)Cc2ccc(F)cc2)s1. The van der Waals surface area contributed by atoms with E-state index in [1.807, 2.05) is 6.08 Å². The number of aliphatic hydroxyl groups excluding tert-OH is 1. The van der Waals surface area contributed by atoms with E-state index in [4.69, 9.17) is 0 Å². The summed E-state index contributed by atoms with van der Waals surface area (Å²) in [4.78, 5) is 28.0. The highest BCUT2D eigenvalue weighted by Gasteiger charge is 2.28. The van der Waals surface area contributed by atoms with E-state index in [0.717, 1.165) is 10.4 Å². The number of aliphatic hydroxyl groups is 1. The Kier molecular flexibility index (Phi) is 9.66. The molecule has 2 aromatic carbocycles. The molecule has 1 aliphatic heterocycles. The van der Waals surface area contributed by atoms with E-state index in [0.29, 0.717) is 49.1 Å². The third kappa shape index (κ3) is 8.58. The molecule has 0 aliphatic carbocycles. The van der Waals surface area contributed by atoms with Crippen LogP contribution >= 0.6 is 11.3 Å². The third-order valence-electron chi connectivity index (χ3n) is 6.44. The van der Waals surface area contributed by atoms with Gasteiger partial charge < -0.3 is 10.0 Å². The molecule has 1 aliphatic rings. The predicted molar refractivity (Wildman–Crippen MR) is 149 cm³/mol. The molecule has 1 aromatic heterocycles. The maximum atomic E-state index is 13.1. The van der Waals surface area contributed by atoms with Crippen molar-refractivity contribution >= 4 is 33.2 Å². The number of aryl methyl sites for hydroxylation is 1. The van der Waals surface area contributed by atoms with Crippen LogP contribution in [0.15, 0.2) is 78.9 Å². The van der Waals surface area contributed by atoms with Crippen LogP contribution in [0.25, 0.3) is 0 Å². The van der Waals surface area contributed by atoms with Gasteiger partial charge in [0, 0.05) is 24.3 Å². The molecule has 2 N–H and O–H groups in total. The Morgan fingerprint density at radius 1 is 1.10 bits per heavy atom. The number of hydrogen-bond donors (Lipinski definition) is 2. The van der Waals surface area contributed by atoms with Crippen molar-refractivity contribution in [3.63, 3.8) is 0 Å². The Labute approximate surface area is 232 Å². The van der Waals surface area contributed by atoms with Crippen molar-refractivity contribution in [3.8, 4) is 0 Å². The summed E-state index contributed by atoms with van der Waals surface area (Å²) in [6.45, 7) is 0.535. The molecule has 4 rings (SSSR count). The van der Waals surface area contributed by atoms with Gasteiger partial charge in [0.05, 0.1) is 22.8 Å². The van der Waals surface area contributed by atoms with Crippen molar-refractivity contribution in [2.24, 2.45) is 0 Å². The van der Waals surface area contributed by atoms with Crippen molar-refractivity contribution < 1.29 is 27.5 Å². The molecule has 0 saturated carbocycles. The van der Waals surface area contributed by atoms with Gasteiger partial charge in [-0.15, -0.1) is 11.3 Å². The minimum absolute atomic E-state index is 0.0625. The zero-order valence-electron chi connectivity index (χ0n) is 21.3. The first-order valence-corrected chi connectivity index (χ1v) is 15.2. The topological polar surface area (TPSA) is 104 Å². The summed E-state index contributed by atoms with van der Waals surface area (Å²) >= 11 is 1.24. The zero-order valence-corrected chi connectivity index (χ0v) is 23.0. The smallest absolute Gasteiger partial charge is 0.274 e. The maximum absolute atomic E-state index is 13.1. The zero-order chi connectivity index (χ0) is 27.8. The van der Waals surface area contributed by atoms with Crippen LogP contribution in [-0.4, -0.2) is 48.9 Å². The summed E-state index contributed by atoms with van der Waals surface area (Å²) in [7, 11) is -3.82. The lowest BCUT2D eigenvalue weighted by Crippen LogP contribution is -2.33. The molecule has 0 bridgehead atoms. The van der Waals surface area contributed by atoms with Crippen molar-refractivity contribution in [3.05, 3.63) is 106 Å². The molecule has 39 heavy (non-hydrogen) atoms. The molecule has 1 fully saturated rings. The van der Waals surface area contributed by atoms with Gasteiger partial charge in [-0.25, -0.2) is 17.5 Å². The fourth-order valence-corrected chi connectivity index (χ4v) is 6.62. The van der Waals surface area contributed by atoms with E-state index in [2.05, 4.69) is 4.72 Å². The first-order chi connectivity index (χ1) is 18.7. The molecule has 0 radical (unpaired) electrons. The molecule has 0 unspecified atom stereocenters. The van der Waals surface area contributed by atoms with Gasteiger partial charge in [0.25, 0.3) is 5.91 Å². The van der Waals surface area contributed by atoms with Crippen LogP contribution < -0.4 is 4.72 Å². The quantitative estimate of drug-likeness (QED) is 0.317. The molecule has 206 valence electrons. The highest BCUT2D eigenvalue weighted by Crippen LogP contribution is 2.23. The number of hydrogen-bond acceptors (Lipinski definition) is 6. The summed E-state index contributed by atoms with van der Waals surface area (Å²) in [5, 5.41) is 10.3. The number of amides is 2. The van der Waals surface area contributed by atoms with Crippen molar-refractivity contribution in [2.75, 3.05) is 6.54 Å². The summed E-state index contributed by atoms with van der Waals surface area (Å²) < 4.78 is 40.0. The average molecular weight is 571 g/mol. The summed E-state index contributed by atoms with van der Waals surface area (Å²) in [5.74, 6) is -1.19. The van der Waals surface area contributed by atoms with Crippen LogP contribution in [0.4, 0.5) is 4.39 Å². The summed E-state index contributed by atoms with van der Waals surface area (Å²) in [6.07, 6.45) is 5.63. The van der Waals surface area contributed by atoms with E-state index in [1.165, 1.54) is 23.5 Å². The second-order valence-electron chi connectivity index (χ2n) is 9.52. The van der Waals surface area contributed by atoms with Crippen LogP contribution in [0.2, 0.25) is 0 Å². The lowest BCUT2D eigenvalue weighted by atomic mass is 10.1. The van der Waals surface area contributed by atoms with Gasteiger partial charge in [-0.3, -0.25) is 9.59 Å². The Balaban J connectivity index is 1.25. The number of nitrogens with zero attached hydrogens (tertiary/aromatic N) is 1. The molecule has 0 spiro atoms. The Bertz CT molecular complexity index is 1400. The maximum Gasteiger partial charge on any atom is 0.274 e. The lowest BCUT2D eigenvalue weighted by Gasteiger charge is -2.22. The normalized spacial score (nSPS) is 16.6. The van der Waals surface area contributed by atoms with Gasteiger partial charge in [-0.05, 0) is 54.7 Å². The highest BCUT2D eigenvalue weighted by molar-refractivity contribution is 7.89. The van der Waals surface area contributed by atoms with Gasteiger partial charge in [0.1, 0.15) is 5.82 Å². The van der Waals surface area contributed by atoms with Gasteiger partial charge in [0.2, 0.25) is 15.9 Å². The molecule has 10 heteroatoms. The summed E-state index contributed by atoms with van der Waals surface area (Å²) in [6, 6.07) is 18.0. The highest BCUT2D eigenvalue weighted by atomic mass is 32.2. The van der Waals surface area contributed by atoms with Crippen molar-refractivity contribution in [2.45, 2.75) is 50.0 Å². The van der Waals surface area contributed by atoms with E-state index in [1.54, 1.807) is 65.6 Å². The van der Waals surface area contributed by atoms with Gasteiger partial charge in [-0.2, -0.15) is 0 Å². The predicted octanol–water partition coefficient (Wildman–Crippen LogP) is 4.23. The monoisotopic (exact) mass is 570 g/mol. The molecule has 7 nitrogen and oxygen atoms in total. The van der Waals surface area contributed by atoms with E-state index < -0.39 is 22.0 Å². The Morgan fingerprint density at radius 2 is 1.85 bits per heavy atom. The number of carbonyl (C=O) groups is 2. The van der Waals surface area contributed by atoms with E-state index in [-0.39, 0.29) is 23.5 Å². The standard InChI is InChI=1S/C29H31FN2O5S2/c30-23-10-8-21(9-11-23)19-25(33)14-12-24-13-17-28(34)32(24)18-4-7-26-15-16-27(38-26)29(35)31-39(36,37)20-22-5-2-1-3-6-22/h1-3,5-6,8-12,14-16,24-25,33H,4,7,13,17-20H2,(H,31,35)/t24-,25+/m0/s1. The molecule has 2 amide bonds. The van der Waals surface area contributed by atoms with Gasteiger partial charge >= 0.3 is 0 Å². The number of thiophene rings is 1. The van der Waals surface area contributed by atoms with Crippen LogP contribution in [0.5, 0.6) is 0 Å². The Morgan fingerprint density at radius 3 is 2.59 bits per heavy atom. The van der Waals surface area contributed by atoms with Crippen LogP contribution in [-0.2, 0) is 33.4 Å². The van der Waals surface area contributed by atoms with Crippen LogP contribution in [0, 0.1) is 5.82 Å². The molecule has 3 aromatic rings. The fraction of sp³-hybridized carbons (Fsp3) is 0.310. The van der Waals surface area contributed by atoms with Crippen molar-refractivity contribution in [1.29, 1.82) is 0 Å². The van der Waals surface area contributed by atoms with E-state index >= 15 is 0 Å². The first-order valence-electron chi connectivity index (χ1n) is 12.8. The number of nitrogens with one attached hydrogen (secondary N) is 1. The second kappa shape index (κ2) is 13.1. The van der Waals surface area contributed by atoms with Crippen LogP contribution in [0.1, 0.15) is 44.9 Å². The number of rotatable bonds is 12. The summed E-state index contributed by atoms with van der Waals surface area (Å²) in [5.41, 5.74) is 1.42. The Hall–Kier alpha value is -3.34. The lowest BCUT2D eigenvalue weighted by molar-refractivity contribution is -0.128. The number of benzene rings is 2. The van der Waals surface area contributed by atoms with Crippen LogP contribution in [0.3, 0.4) is 0 Å². The largest absolute Gasteiger partial charge is 0.389 e. The van der Waals surface area contributed by atoms with E-state index in [9.17, 15) is 27.5 Å². The molecular formula is C29H31FN2O5S2. The van der Waals surface area contributed by atoms with Gasteiger partial charge in [-0.1, -0.05) is 54.6 Å². The fourth-order valence-electron chi connectivity index (χ4n) is 4.51. The number of sulfonamides is 1. The number of halogens is 1. The third-order valence-corrected chi connectivity index (χ3v) is 8.80. The van der Waals surface area contributed by atoms with Gasteiger partial charge in [0.15, 0.2) is 0 Å².